The Kier molecular flexibility index (Phi) is 2.90. The van der Waals surface area contributed by atoms with Crippen LogP contribution in [0.5, 0.6) is 5.75 Å². The molecule has 1 aliphatic carbocycles. The summed E-state index contributed by atoms with van der Waals surface area (Å²) in [6.45, 7) is 0. The van der Waals surface area contributed by atoms with Crippen molar-refractivity contribution in [1.82, 2.24) is 0 Å². The lowest BCUT2D eigenvalue weighted by Crippen LogP contribution is -2.17. The lowest BCUT2D eigenvalue weighted by molar-refractivity contribution is 0.210. The van der Waals surface area contributed by atoms with Crippen molar-refractivity contribution >= 4 is 6.09 Å². The molecule has 0 saturated heterocycles. The molecule has 0 aromatic heterocycles. The normalized spacial score (nSPS) is 18.7. The molecule has 1 aromatic rings. The van der Waals surface area contributed by atoms with Gasteiger partial charge in [-0.1, -0.05) is 18.2 Å². The molecule has 2 rings (SSSR count). The molecule has 1 aromatic carbocycles. The summed E-state index contributed by atoms with van der Waals surface area (Å²) < 4.78 is 17.8. The minimum atomic E-state index is -0.922. The molecule has 0 spiro atoms. The number of primary amides is 1. The molecule has 1 unspecified atom stereocenters. The van der Waals surface area contributed by atoms with Crippen LogP contribution in [0.1, 0.15) is 24.3 Å². The van der Waals surface area contributed by atoms with E-state index in [9.17, 15) is 9.18 Å². The second kappa shape index (κ2) is 4.35. The van der Waals surface area contributed by atoms with E-state index in [-0.39, 0.29) is 11.7 Å². The zero-order chi connectivity index (χ0) is 11.5. The molecule has 0 fully saturated rings. The predicted molar refractivity (Wildman–Crippen MR) is 57.7 cm³/mol. The van der Waals surface area contributed by atoms with Crippen LogP contribution in [0.4, 0.5) is 9.18 Å². The van der Waals surface area contributed by atoms with Crippen LogP contribution in [0, 0.1) is 5.82 Å². The highest BCUT2D eigenvalue weighted by molar-refractivity contribution is 5.68. The van der Waals surface area contributed by atoms with Gasteiger partial charge in [0, 0.05) is 17.5 Å². The highest BCUT2D eigenvalue weighted by atomic mass is 19.1. The lowest BCUT2D eigenvalue weighted by Gasteiger charge is -2.13. The smallest absolute Gasteiger partial charge is 0.409 e. The van der Waals surface area contributed by atoms with E-state index >= 15 is 0 Å². The maximum atomic E-state index is 13.0. The third-order valence-corrected chi connectivity index (χ3v) is 2.60. The van der Waals surface area contributed by atoms with E-state index in [1.807, 2.05) is 6.08 Å². The van der Waals surface area contributed by atoms with Crippen LogP contribution in [-0.2, 0) is 0 Å². The molecular formula is C12H12FNO2. The fourth-order valence-corrected chi connectivity index (χ4v) is 1.90. The summed E-state index contributed by atoms with van der Waals surface area (Å²) in [4.78, 5) is 10.7. The molecule has 2 N–H and O–H groups in total. The van der Waals surface area contributed by atoms with Gasteiger partial charge in [-0.2, -0.15) is 0 Å². The van der Waals surface area contributed by atoms with Gasteiger partial charge in [0.2, 0.25) is 0 Å². The summed E-state index contributed by atoms with van der Waals surface area (Å²) in [5, 5.41) is 0. The fourth-order valence-electron chi connectivity index (χ4n) is 1.90. The number of amides is 1. The van der Waals surface area contributed by atoms with Crippen LogP contribution in [0.3, 0.4) is 0 Å². The minimum Gasteiger partial charge on any atom is -0.410 e. The Morgan fingerprint density at radius 2 is 2.31 bits per heavy atom. The van der Waals surface area contributed by atoms with Crippen molar-refractivity contribution < 1.29 is 13.9 Å². The molecule has 1 amide bonds. The first-order valence-electron chi connectivity index (χ1n) is 5.10. The van der Waals surface area contributed by atoms with Crippen molar-refractivity contribution in [3.63, 3.8) is 0 Å². The molecule has 0 saturated carbocycles. The first kappa shape index (κ1) is 10.7. The molecular weight excluding hydrogens is 209 g/mol. The Hall–Kier alpha value is -1.84. The summed E-state index contributed by atoms with van der Waals surface area (Å²) in [5.41, 5.74) is 5.74. The second-order valence-electron chi connectivity index (χ2n) is 3.72. The SMILES string of the molecule is NC(=O)Oc1cc(F)ccc1C1C=CCC1. The van der Waals surface area contributed by atoms with E-state index in [1.165, 1.54) is 12.1 Å². The first-order chi connectivity index (χ1) is 7.66. The highest BCUT2D eigenvalue weighted by Gasteiger charge is 2.18. The van der Waals surface area contributed by atoms with Gasteiger partial charge in [-0.25, -0.2) is 9.18 Å². The molecule has 0 radical (unpaired) electrons. The van der Waals surface area contributed by atoms with Crippen molar-refractivity contribution in [2.24, 2.45) is 5.73 Å². The maximum Gasteiger partial charge on any atom is 0.409 e. The van der Waals surface area contributed by atoms with Gasteiger partial charge in [0.15, 0.2) is 0 Å². The minimum absolute atomic E-state index is 0.176. The summed E-state index contributed by atoms with van der Waals surface area (Å²) in [7, 11) is 0. The average molecular weight is 221 g/mol. The summed E-state index contributed by atoms with van der Waals surface area (Å²) >= 11 is 0. The van der Waals surface area contributed by atoms with E-state index in [1.54, 1.807) is 6.07 Å². The number of carbonyl (C=O) groups is 1. The number of benzene rings is 1. The van der Waals surface area contributed by atoms with Crippen molar-refractivity contribution in [3.05, 3.63) is 41.7 Å². The number of ether oxygens (including phenoxy) is 1. The molecule has 3 nitrogen and oxygen atoms in total. The van der Waals surface area contributed by atoms with Gasteiger partial charge in [-0.05, 0) is 18.9 Å². The largest absolute Gasteiger partial charge is 0.410 e. The predicted octanol–water partition coefficient (Wildman–Crippen LogP) is 2.72. The maximum absolute atomic E-state index is 13.0. The number of rotatable bonds is 2. The number of hydrogen-bond donors (Lipinski definition) is 1. The van der Waals surface area contributed by atoms with Crippen LogP contribution >= 0.6 is 0 Å². The number of allylic oxidation sites excluding steroid dienone is 2. The van der Waals surface area contributed by atoms with Crippen molar-refractivity contribution in [2.45, 2.75) is 18.8 Å². The lowest BCUT2D eigenvalue weighted by atomic mass is 9.98. The average Bonchev–Trinajstić information content (AvgIpc) is 2.69. The van der Waals surface area contributed by atoms with E-state index in [0.29, 0.717) is 0 Å². The van der Waals surface area contributed by atoms with Crippen LogP contribution in [-0.4, -0.2) is 6.09 Å². The molecule has 16 heavy (non-hydrogen) atoms. The van der Waals surface area contributed by atoms with Crippen LogP contribution < -0.4 is 10.5 Å². The van der Waals surface area contributed by atoms with Crippen molar-refractivity contribution in [1.29, 1.82) is 0 Å². The fraction of sp³-hybridized carbons (Fsp3) is 0.250. The topological polar surface area (TPSA) is 52.3 Å². The third kappa shape index (κ3) is 2.21. The van der Waals surface area contributed by atoms with Crippen LogP contribution in [0.15, 0.2) is 30.4 Å². The zero-order valence-electron chi connectivity index (χ0n) is 8.65. The quantitative estimate of drug-likeness (QED) is 0.780. The van der Waals surface area contributed by atoms with E-state index in [2.05, 4.69) is 6.08 Å². The summed E-state index contributed by atoms with van der Waals surface area (Å²) in [6.07, 6.45) is 5.09. The van der Waals surface area contributed by atoms with E-state index < -0.39 is 11.9 Å². The van der Waals surface area contributed by atoms with Crippen LogP contribution in [0.2, 0.25) is 0 Å². The van der Waals surface area contributed by atoms with Gasteiger partial charge in [0.05, 0.1) is 0 Å². The zero-order valence-corrected chi connectivity index (χ0v) is 8.65. The monoisotopic (exact) mass is 221 g/mol. The van der Waals surface area contributed by atoms with Gasteiger partial charge in [-0.3, -0.25) is 0 Å². The van der Waals surface area contributed by atoms with Crippen molar-refractivity contribution in [2.75, 3.05) is 0 Å². The van der Waals surface area contributed by atoms with Gasteiger partial charge >= 0.3 is 6.09 Å². The molecule has 1 aliphatic rings. The molecule has 1 atom stereocenters. The Morgan fingerprint density at radius 3 is 2.94 bits per heavy atom. The number of nitrogens with two attached hydrogens (primary N) is 1. The van der Waals surface area contributed by atoms with Crippen molar-refractivity contribution in [3.8, 4) is 5.75 Å². The van der Waals surface area contributed by atoms with Gasteiger partial charge in [0.1, 0.15) is 11.6 Å². The highest BCUT2D eigenvalue weighted by Crippen LogP contribution is 2.34. The second-order valence-corrected chi connectivity index (χ2v) is 3.72. The first-order valence-corrected chi connectivity index (χ1v) is 5.10. The Balaban J connectivity index is 2.34. The Morgan fingerprint density at radius 1 is 1.50 bits per heavy atom. The molecule has 0 bridgehead atoms. The van der Waals surface area contributed by atoms with E-state index in [4.69, 9.17) is 10.5 Å². The Labute approximate surface area is 92.7 Å². The Bertz CT molecular complexity index is 443. The molecule has 4 heteroatoms. The van der Waals surface area contributed by atoms with E-state index in [0.717, 1.165) is 18.4 Å². The summed E-state index contributed by atoms with van der Waals surface area (Å²) in [6, 6.07) is 4.18. The molecule has 0 heterocycles. The molecule has 0 aliphatic heterocycles. The summed E-state index contributed by atoms with van der Waals surface area (Å²) in [5.74, 6) is -0.0547. The number of carbonyl (C=O) groups excluding carboxylic acids is 1. The van der Waals surface area contributed by atoms with Gasteiger partial charge in [-0.15, -0.1) is 0 Å². The van der Waals surface area contributed by atoms with Crippen LogP contribution in [0.25, 0.3) is 0 Å². The molecule has 84 valence electrons. The number of halogens is 1. The number of hydrogen-bond acceptors (Lipinski definition) is 2. The third-order valence-electron chi connectivity index (χ3n) is 2.60. The standard InChI is InChI=1S/C12H12FNO2/c13-9-5-6-10(8-3-1-2-4-8)11(7-9)16-12(14)15/h1,3,5-8H,2,4H2,(H2,14,15). The van der Waals surface area contributed by atoms with Gasteiger partial charge in [0.25, 0.3) is 0 Å². The van der Waals surface area contributed by atoms with Gasteiger partial charge < -0.3 is 10.5 Å².